The van der Waals surface area contributed by atoms with Gasteiger partial charge in [-0.25, -0.2) is 0 Å². The molecule has 1 rings (SSSR count). The normalized spacial score (nSPS) is 10.5. The maximum Gasteiger partial charge on any atom is 0.292 e. The van der Waals surface area contributed by atoms with Crippen molar-refractivity contribution >= 4 is 11.4 Å². The minimum absolute atomic E-state index is 0.0698. The molecule has 0 radical (unpaired) electrons. The van der Waals surface area contributed by atoms with E-state index in [2.05, 4.69) is 24.1 Å². The summed E-state index contributed by atoms with van der Waals surface area (Å²) in [6, 6.07) is 4.70. The second-order valence-electron chi connectivity index (χ2n) is 4.09. The topological polar surface area (TPSA) is 67.6 Å². The lowest BCUT2D eigenvalue weighted by molar-refractivity contribution is -0.384. The Balaban J connectivity index is 2.72. The number of benzene rings is 1. The lowest BCUT2D eigenvalue weighted by Crippen LogP contribution is -2.28. The third-order valence-electron chi connectivity index (χ3n) is 3.04. The summed E-state index contributed by atoms with van der Waals surface area (Å²) in [5, 5.41) is 14.1. The number of anilines is 1. The summed E-state index contributed by atoms with van der Waals surface area (Å²) in [7, 11) is 1.54. The first-order valence-corrected chi connectivity index (χ1v) is 6.41. The van der Waals surface area contributed by atoms with Crippen LogP contribution in [0.3, 0.4) is 0 Å². The van der Waals surface area contributed by atoms with Crippen LogP contribution < -0.4 is 10.1 Å². The number of nitro groups is 1. The fourth-order valence-electron chi connectivity index (χ4n) is 1.83. The van der Waals surface area contributed by atoms with Gasteiger partial charge in [-0.2, -0.15) is 0 Å². The van der Waals surface area contributed by atoms with Crippen LogP contribution >= 0.6 is 0 Å². The molecule has 0 saturated heterocycles. The molecule has 0 aromatic heterocycles. The minimum Gasteiger partial charge on any atom is -0.497 e. The van der Waals surface area contributed by atoms with E-state index < -0.39 is 0 Å². The van der Waals surface area contributed by atoms with Crippen molar-refractivity contribution in [1.82, 2.24) is 4.90 Å². The van der Waals surface area contributed by atoms with Gasteiger partial charge in [0.1, 0.15) is 11.4 Å². The third kappa shape index (κ3) is 4.40. The van der Waals surface area contributed by atoms with Gasteiger partial charge in [-0.05, 0) is 19.2 Å². The highest BCUT2D eigenvalue weighted by Crippen LogP contribution is 2.28. The highest BCUT2D eigenvalue weighted by Gasteiger charge is 2.14. The molecule has 19 heavy (non-hydrogen) atoms. The van der Waals surface area contributed by atoms with Crippen LogP contribution in [0.1, 0.15) is 13.8 Å². The Kier molecular flexibility index (Phi) is 6.08. The fourth-order valence-corrected chi connectivity index (χ4v) is 1.83. The van der Waals surface area contributed by atoms with Gasteiger partial charge in [0, 0.05) is 25.2 Å². The smallest absolute Gasteiger partial charge is 0.292 e. The van der Waals surface area contributed by atoms with Crippen LogP contribution in [0.5, 0.6) is 5.75 Å². The van der Waals surface area contributed by atoms with E-state index in [4.69, 9.17) is 4.74 Å². The maximum atomic E-state index is 10.9. The molecule has 106 valence electrons. The molecule has 0 aliphatic heterocycles. The van der Waals surface area contributed by atoms with E-state index in [0.29, 0.717) is 18.0 Å². The molecule has 0 atom stereocenters. The van der Waals surface area contributed by atoms with E-state index in [0.717, 1.165) is 19.6 Å². The molecule has 6 heteroatoms. The first kappa shape index (κ1) is 15.2. The second-order valence-corrected chi connectivity index (χ2v) is 4.09. The van der Waals surface area contributed by atoms with Gasteiger partial charge in [0.2, 0.25) is 0 Å². The van der Waals surface area contributed by atoms with Crippen molar-refractivity contribution in [2.75, 3.05) is 38.6 Å². The van der Waals surface area contributed by atoms with Gasteiger partial charge in [-0.3, -0.25) is 10.1 Å². The van der Waals surface area contributed by atoms with Crippen molar-refractivity contribution in [2.45, 2.75) is 13.8 Å². The molecule has 0 amide bonds. The van der Waals surface area contributed by atoms with E-state index in [9.17, 15) is 10.1 Å². The molecule has 0 spiro atoms. The van der Waals surface area contributed by atoms with E-state index in [1.54, 1.807) is 19.2 Å². The highest BCUT2D eigenvalue weighted by molar-refractivity contribution is 5.64. The number of nitrogens with zero attached hydrogens (tertiary/aromatic N) is 2. The molecule has 0 saturated carbocycles. The minimum atomic E-state index is -0.390. The van der Waals surface area contributed by atoms with Crippen LogP contribution in [-0.2, 0) is 0 Å². The molecule has 0 aliphatic carbocycles. The predicted octanol–water partition coefficient (Wildman–Crippen LogP) is 2.36. The molecule has 0 aliphatic rings. The number of likely N-dealkylation sites (N-methyl/N-ethyl adjacent to an activating group) is 1. The Labute approximate surface area is 113 Å². The van der Waals surface area contributed by atoms with Crippen molar-refractivity contribution in [1.29, 1.82) is 0 Å². The van der Waals surface area contributed by atoms with Gasteiger partial charge >= 0.3 is 0 Å². The number of nitrogens with one attached hydrogen (secondary N) is 1. The van der Waals surface area contributed by atoms with Crippen LogP contribution in [-0.4, -0.2) is 43.1 Å². The van der Waals surface area contributed by atoms with Crippen molar-refractivity contribution in [3.05, 3.63) is 28.3 Å². The van der Waals surface area contributed by atoms with Crippen LogP contribution in [0.15, 0.2) is 18.2 Å². The second kappa shape index (κ2) is 7.58. The van der Waals surface area contributed by atoms with Gasteiger partial charge in [0.25, 0.3) is 5.69 Å². The molecule has 0 unspecified atom stereocenters. The quantitative estimate of drug-likeness (QED) is 0.578. The number of hydrogen-bond donors (Lipinski definition) is 1. The Hall–Kier alpha value is -1.82. The number of hydrogen-bond acceptors (Lipinski definition) is 5. The molecule has 1 aromatic carbocycles. The van der Waals surface area contributed by atoms with Crippen molar-refractivity contribution < 1.29 is 9.66 Å². The third-order valence-corrected chi connectivity index (χ3v) is 3.04. The Morgan fingerprint density at radius 2 is 2.05 bits per heavy atom. The van der Waals surface area contributed by atoms with Crippen LogP contribution in [0.4, 0.5) is 11.4 Å². The summed E-state index contributed by atoms with van der Waals surface area (Å²) < 4.78 is 5.09. The van der Waals surface area contributed by atoms with Gasteiger partial charge in [0.15, 0.2) is 0 Å². The fraction of sp³-hybridized carbons (Fsp3) is 0.538. The molecule has 0 heterocycles. The van der Waals surface area contributed by atoms with E-state index in [1.165, 1.54) is 6.07 Å². The lowest BCUT2D eigenvalue weighted by Gasteiger charge is -2.18. The molecule has 6 nitrogen and oxygen atoms in total. The van der Waals surface area contributed by atoms with E-state index in [1.807, 2.05) is 0 Å². The van der Waals surface area contributed by atoms with Gasteiger partial charge in [-0.1, -0.05) is 13.8 Å². The van der Waals surface area contributed by atoms with Crippen LogP contribution in [0.2, 0.25) is 0 Å². The number of ether oxygens (including phenoxy) is 1. The average molecular weight is 267 g/mol. The molecule has 1 N–H and O–H groups in total. The zero-order valence-corrected chi connectivity index (χ0v) is 11.7. The molecular formula is C13H21N3O3. The van der Waals surface area contributed by atoms with E-state index >= 15 is 0 Å². The summed E-state index contributed by atoms with van der Waals surface area (Å²) in [6.45, 7) is 7.64. The van der Waals surface area contributed by atoms with Crippen molar-refractivity contribution in [2.24, 2.45) is 0 Å². The molecule has 0 bridgehead atoms. The maximum absolute atomic E-state index is 10.9. The SMILES string of the molecule is CCN(CC)CCNc1cc(OC)ccc1[N+](=O)[O-]. The number of rotatable bonds is 8. The summed E-state index contributed by atoms with van der Waals surface area (Å²) in [5.41, 5.74) is 0.567. The number of methoxy groups -OCH3 is 1. The molecule has 0 fully saturated rings. The Morgan fingerprint density at radius 3 is 2.58 bits per heavy atom. The Morgan fingerprint density at radius 1 is 1.37 bits per heavy atom. The van der Waals surface area contributed by atoms with Crippen LogP contribution in [0.25, 0.3) is 0 Å². The summed E-state index contributed by atoms with van der Waals surface area (Å²) in [6.07, 6.45) is 0. The number of nitro benzene ring substituents is 1. The zero-order chi connectivity index (χ0) is 14.3. The van der Waals surface area contributed by atoms with E-state index in [-0.39, 0.29) is 10.6 Å². The molecule has 1 aromatic rings. The highest BCUT2D eigenvalue weighted by atomic mass is 16.6. The summed E-state index contributed by atoms with van der Waals surface area (Å²) in [4.78, 5) is 12.8. The summed E-state index contributed by atoms with van der Waals surface area (Å²) in [5.74, 6) is 0.607. The van der Waals surface area contributed by atoms with Gasteiger partial charge < -0.3 is 15.0 Å². The van der Waals surface area contributed by atoms with Crippen molar-refractivity contribution in [3.63, 3.8) is 0 Å². The standard InChI is InChI=1S/C13H21N3O3/c1-4-15(5-2)9-8-14-12-10-11(19-3)6-7-13(12)16(17)18/h6-7,10,14H,4-5,8-9H2,1-3H3. The Bertz CT molecular complexity index is 420. The largest absolute Gasteiger partial charge is 0.497 e. The van der Waals surface area contributed by atoms with Crippen LogP contribution in [0, 0.1) is 10.1 Å². The average Bonchev–Trinajstić information content (AvgIpc) is 2.43. The lowest BCUT2D eigenvalue weighted by atomic mass is 10.2. The zero-order valence-electron chi connectivity index (χ0n) is 11.7. The van der Waals surface area contributed by atoms with Crippen molar-refractivity contribution in [3.8, 4) is 5.75 Å². The summed E-state index contributed by atoms with van der Waals surface area (Å²) >= 11 is 0. The first-order chi connectivity index (χ1) is 9.12. The predicted molar refractivity (Wildman–Crippen MR) is 75.9 cm³/mol. The monoisotopic (exact) mass is 267 g/mol. The van der Waals surface area contributed by atoms with Gasteiger partial charge in [-0.15, -0.1) is 0 Å². The molecular weight excluding hydrogens is 246 g/mol. The first-order valence-electron chi connectivity index (χ1n) is 6.41. The van der Waals surface area contributed by atoms with Gasteiger partial charge in [0.05, 0.1) is 12.0 Å².